The van der Waals surface area contributed by atoms with Gasteiger partial charge in [-0.15, -0.1) is 11.3 Å². The van der Waals surface area contributed by atoms with Crippen molar-refractivity contribution in [2.45, 2.75) is 0 Å². The van der Waals surface area contributed by atoms with Crippen molar-refractivity contribution in [1.29, 1.82) is 0 Å². The number of ether oxygens (including phenoxy) is 2. The third-order valence-electron chi connectivity index (χ3n) is 7.60. The molecule has 4 heteroatoms. The van der Waals surface area contributed by atoms with Crippen molar-refractivity contribution in [3.63, 3.8) is 0 Å². The van der Waals surface area contributed by atoms with Crippen LogP contribution in [0.25, 0.3) is 44.5 Å². The maximum absolute atomic E-state index is 6.79. The molecule has 0 saturated carbocycles. The highest BCUT2D eigenvalue weighted by molar-refractivity contribution is 7.20. The fraction of sp³-hybridized carbons (Fsp3) is 0. The maximum Gasteiger partial charge on any atom is 0.173 e. The number of benzene rings is 5. The molecular formula is C36H23NO2S. The van der Waals surface area contributed by atoms with Gasteiger partial charge in [-0.05, 0) is 58.1 Å². The van der Waals surface area contributed by atoms with Gasteiger partial charge in [0.1, 0.15) is 5.69 Å². The van der Waals surface area contributed by atoms with Crippen LogP contribution in [-0.2, 0) is 0 Å². The van der Waals surface area contributed by atoms with Crippen LogP contribution in [0.4, 0.5) is 17.1 Å². The minimum atomic E-state index is 0.759. The van der Waals surface area contributed by atoms with Crippen LogP contribution < -0.4 is 14.4 Å². The van der Waals surface area contributed by atoms with E-state index >= 15 is 0 Å². The summed E-state index contributed by atoms with van der Waals surface area (Å²) in [6, 6.07) is 35.8. The van der Waals surface area contributed by atoms with E-state index in [0.717, 1.165) is 82.8 Å². The first-order chi connectivity index (χ1) is 19.7. The maximum atomic E-state index is 6.79. The van der Waals surface area contributed by atoms with Crippen molar-refractivity contribution >= 4 is 50.6 Å². The molecule has 0 fully saturated rings. The lowest BCUT2D eigenvalue weighted by Crippen LogP contribution is -2.20. The van der Waals surface area contributed by atoms with Crippen LogP contribution >= 0.6 is 11.3 Å². The van der Waals surface area contributed by atoms with Gasteiger partial charge in [-0.1, -0.05) is 98.1 Å². The first-order valence-corrected chi connectivity index (χ1v) is 14.0. The molecule has 0 radical (unpaired) electrons. The summed E-state index contributed by atoms with van der Waals surface area (Å²) >= 11 is 1.67. The lowest BCUT2D eigenvalue weighted by Gasteiger charge is -2.38. The summed E-state index contributed by atoms with van der Waals surface area (Å²) in [6.45, 7) is 8.14. The molecule has 0 amide bonds. The van der Waals surface area contributed by atoms with Gasteiger partial charge in [-0.2, -0.15) is 0 Å². The van der Waals surface area contributed by atoms with Gasteiger partial charge in [0.15, 0.2) is 23.0 Å². The molecule has 3 nitrogen and oxygen atoms in total. The van der Waals surface area contributed by atoms with E-state index in [1.807, 2.05) is 24.3 Å². The highest BCUT2D eigenvalue weighted by Crippen LogP contribution is 2.63. The summed E-state index contributed by atoms with van der Waals surface area (Å²) < 4.78 is 14.5. The Kier molecular flexibility index (Phi) is 5.00. The highest BCUT2D eigenvalue weighted by Gasteiger charge is 2.37. The van der Waals surface area contributed by atoms with E-state index in [9.17, 15) is 0 Å². The summed E-state index contributed by atoms with van der Waals surface area (Å²) in [7, 11) is 0. The number of thiophene rings is 1. The Morgan fingerprint density at radius 1 is 0.600 bits per heavy atom. The highest BCUT2D eigenvalue weighted by atomic mass is 32.1. The summed E-state index contributed by atoms with van der Waals surface area (Å²) in [5.41, 5.74) is 8.42. The molecule has 0 aliphatic carbocycles. The Morgan fingerprint density at radius 3 is 1.77 bits per heavy atom. The predicted molar refractivity (Wildman–Crippen MR) is 168 cm³/mol. The largest absolute Gasteiger partial charge is 0.453 e. The van der Waals surface area contributed by atoms with Crippen molar-refractivity contribution in [1.82, 2.24) is 0 Å². The van der Waals surface area contributed by atoms with Gasteiger partial charge in [-0.25, -0.2) is 0 Å². The summed E-state index contributed by atoms with van der Waals surface area (Å²) in [5, 5.41) is 1.05. The quantitative estimate of drug-likeness (QED) is 0.225. The van der Waals surface area contributed by atoms with E-state index in [4.69, 9.17) is 9.47 Å². The van der Waals surface area contributed by atoms with Gasteiger partial charge in [0, 0.05) is 10.3 Å². The number of fused-ring (bicyclic) bond motifs is 6. The topological polar surface area (TPSA) is 21.7 Å². The zero-order chi connectivity index (χ0) is 26.8. The molecule has 1 aromatic heterocycles. The molecule has 0 spiro atoms. The van der Waals surface area contributed by atoms with Gasteiger partial charge in [0.25, 0.3) is 0 Å². The Labute approximate surface area is 236 Å². The van der Waals surface area contributed by atoms with Crippen molar-refractivity contribution < 1.29 is 9.47 Å². The molecule has 2 aliphatic rings. The van der Waals surface area contributed by atoms with Gasteiger partial charge in [0.2, 0.25) is 0 Å². The molecule has 0 bridgehead atoms. The molecule has 40 heavy (non-hydrogen) atoms. The average Bonchev–Trinajstić information content (AvgIpc) is 3.38. The summed E-state index contributed by atoms with van der Waals surface area (Å²) in [4.78, 5) is 3.35. The average molecular weight is 534 g/mol. The second-order valence-corrected chi connectivity index (χ2v) is 10.9. The fourth-order valence-electron chi connectivity index (χ4n) is 5.73. The SMILES string of the molecule is C=Cc1sc2c3c4c(cc2c1C=C)Oc1cc(-c2ccccc2)ccc1N4c1ccc(-c2ccccc2)cc1O3. The molecule has 2 aliphatic heterocycles. The molecule has 0 N–H and O–H groups in total. The van der Waals surface area contributed by atoms with Crippen LogP contribution in [0.1, 0.15) is 10.4 Å². The second-order valence-electron chi connectivity index (χ2n) is 9.85. The van der Waals surface area contributed by atoms with Crippen molar-refractivity contribution in [3.8, 4) is 45.3 Å². The van der Waals surface area contributed by atoms with Crippen molar-refractivity contribution in [2.24, 2.45) is 0 Å². The van der Waals surface area contributed by atoms with E-state index in [0.29, 0.717) is 0 Å². The fourth-order valence-corrected chi connectivity index (χ4v) is 6.85. The van der Waals surface area contributed by atoms with E-state index < -0.39 is 0 Å². The first kappa shape index (κ1) is 22.9. The number of hydrogen-bond acceptors (Lipinski definition) is 4. The first-order valence-electron chi connectivity index (χ1n) is 13.2. The minimum absolute atomic E-state index is 0.759. The van der Waals surface area contributed by atoms with Gasteiger partial charge in [0.05, 0.1) is 16.1 Å². The molecular weight excluding hydrogens is 510 g/mol. The lowest BCUT2D eigenvalue weighted by atomic mass is 9.99. The second kappa shape index (κ2) is 8.73. The van der Waals surface area contributed by atoms with Gasteiger partial charge < -0.3 is 9.47 Å². The third-order valence-corrected chi connectivity index (χ3v) is 8.82. The van der Waals surface area contributed by atoms with Crippen LogP contribution in [0, 0.1) is 0 Å². The molecule has 0 unspecified atom stereocenters. The van der Waals surface area contributed by atoms with Crippen LogP contribution in [0.2, 0.25) is 0 Å². The zero-order valence-electron chi connectivity index (χ0n) is 21.6. The van der Waals surface area contributed by atoms with Crippen molar-refractivity contribution in [3.05, 3.63) is 127 Å². The molecule has 3 heterocycles. The van der Waals surface area contributed by atoms with Crippen LogP contribution in [0.5, 0.6) is 23.0 Å². The van der Waals surface area contributed by atoms with Crippen LogP contribution in [0.15, 0.2) is 116 Å². The number of hydrogen-bond donors (Lipinski definition) is 0. The molecule has 5 aromatic carbocycles. The lowest BCUT2D eigenvalue weighted by molar-refractivity contribution is 0.450. The molecule has 0 saturated heterocycles. The number of nitrogens with zero attached hydrogens (tertiary/aromatic N) is 1. The Hall–Kier alpha value is -5.06. The zero-order valence-corrected chi connectivity index (χ0v) is 22.4. The predicted octanol–water partition coefficient (Wildman–Crippen LogP) is 11.2. The van der Waals surface area contributed by atoms with E-state index in [1.165, 1.54) is 0 Å². The third kappa shape index (κ3) is 3.30. The van der Waals surface area contributed by atoms with E-state index in [1.54, 1.807) is 11.3 Å². The molecule has 8 rings (SSSR count). The van der Waals surface area contributed by atoms with Gasteiger partial charge in [-0.3, -0.25) is 4.90 Å². The van der Waals surface area contributed by atoms with E-state index in [-0.39, 0.29) is 0 Å². The van der Waals surface area contributed by atoms with E-state index in [2.05, 4.69) is 109 Å². The Bertz CT molecular complexity index is 1980. The Balaban J connectivity index is 1.39. The standard InChI is InChI=1S/C36H23NO2S/c1-3-26-27-21-32-34-35(36(27)40-33(26)4-2)39-31-20-25(23-13-9-6-10-14-23)16-18-29(31)37(34)28-17-15-24(19-30(28)38-32)22-11-7-5-8-12-22/h3-21H,1-2H2. The number of anilines is 3. The molecule has 0 atom stereocenters. The summed E-state index contributed by atoms with van der Waals surface area (Å²) in [6.07, 6.45) is 3.78. The van der Waals surface area contributed by atoms with Crippen LogP contribution in [-0.4, -0.2) is 0 Å². The number of rotatable bonds is 4. The normalized spacial score (nSPS) is 12.6. The molecule has 190 valence electrons. The smallest absolute Gasteiger partial charge is 0.173 e. The monoisotopic (exact) mass is 533 g/mol. The van der Waals surface area contributed by atoms with Gasteiger partial charge >= 0.3 is 0 Å². The minimum Gasteiger partial charge on any atom is -0.453 e. The van der Waals surface area contributed by atoms with Crippen LogP contribution in [0.3, 0.4) is 0 Å². The Morgan fingerprint density at radius 2 is 1.20 bits per heavy atom. The summed E-state index contributed by atoms with van der Waals surface area (Å²) in [5.74, 6) is 3.16. The molecule has 6 aromatic rings. The van der Waals surface area contributed by atoms with Crippen molar-refractivity contribution in [2.75, 3.05) is 4.90 Å².